The Morgan fingerprint density at radius 1 is 1.40 bits per heavy atom. The molecular formula is C16H24N2OS. The van der Waals surface area contributed by atoms with Crippen LogP contribution in [0.25, 0.3) is 0 Å². The molecular weight excluding hydrogens is 268 g/mol. The average molecular weight is 292 g/mol. The van der Waals surface area contributed by atoms with Gasteiger partial charge in [0.1, 0.15) is 0 Å². The minimum atomic E-state index is 0.120. The predicted molar refractivity (Wildman–Crippen MR) is 87.6 cm³/mol. The second kappa shape index (κ2) is 7.58. The summed E-state index contributed by atoms with van der Waals surface area (Å²) < 4.78 is 0. The van der Waals surface area contributed by atoms with Gasteiger partial charge in [-0.15, -0.1) is 0 Å². The molecule has 1 unspecified atom stereocenters. The Labute approximate surface area is 126 Å². The number of carbonyl (C=O) groups excluding carboxylic acids is 1. The molecule has 3 nitrogen and oxygen atoms in total. The van der Waals surface area contributed by atoms with Gasteiger partial charge in [0.05, 0.1) is 0 Å². The first-order valence-electron chi connectivity index (χ1n) is 7.45. The number of benzene rings is 1. The molecule has 0 radical (unpaired) electrons. The van der Waals surface area contributed by atoms with Crippen LogP contribution in [-0.4, -0.2) is 41.9 Å². The summed E-state index contributed by atoms with van der Waals surface area (Å²) >= 11 is 2.03. The zero-order valence-electron chi connectivity index (χ0n) is 12.4. The lowest BCUT2D eigenvalue weighted by Gasteiger charge is -2.19. The minimum absolute atomic E-state index is 0.120. The highest BCUT2D eigenvalue weighted by molar-refractivity contribution is 7.99. The average Bonchev–Trinajstić information content (AvgIpc) is 3.00. The van der Waals surface area contributed by atoms with Crippen LogP contribution in [0, 0.1) is 5.92 Å². The summed E-state index contributed by atoms with van der Waals surface area (Å²) in [5.41, 5.74) is 1.83. The molecule has 4 heteroatoms. The van der Waals surface area contributed by atoms with Crippen molar-refractivity contribution >= 4 is 23.4 Å². The maximum atomic E-state index is 12.3. The molecule has 0 aromatic heterocycles. The van der Waals surface area contributed by atoms with E-state index in [1.54, 1.807) is 0 Å². The standard InChI is InChI=1S/C16H24N2OS/c1-3-18(4-2)16(19)14-6-5-7-15(10-14)17-11-13-8-9-20-12-13/h5-7,10,13,17H,3-4,8-9,11-12H2,1-2H3. The number of anilines is 1. The van der Waals surface area contributed by atoms with Gasteiger partial charge in [0.15, 0.2) is 0 Å². The lowest BCUT2D eigenvalue weighted by atomic mass is 10.1. The van der Waals surface area contributed by atoms with Gasteiger partial charge in [0.25, 0.3) is 5.91 Å². The SMILES string of the molecule is CCN(CC)C(=O)c1cccc(NCC2CCSC2)c1. The molecule has 1 aromatic carbocycles. The van der Waals surface area contributed by atoms with E-state index < -0.39 is 0 Å². The van der Waals surface area contributed by atoms with E-state index in [-0.39, 0.29) is 5.91 Å². The van der Waals surface area contributed by atoms with E-state index in [0.29, 0.717) is 0 Å². The number of amides is 1. The summed E-state index contributed by atoms with van der Waals surface area (Å²) in [5, 5.41) is 3.47. The van der Waals surface area contributed by atoms with Crippen LogP contribution < -0.4 is 5.32 Å². The normalized spacial score (nSPS) is 18.0. The van der Waals surface area contributed by atoms with E-state index in [1.165, 1.54) is 17.9 Å². The summed E-state index contributed by atoms with van der Waals surface area (Å²) in [4.78, 5) is 14.2. The van der Waals surface area contributed by atoms with Crippen LogP contribution >= 0.6 is 11.8 Å². The minimum Gasteiger partial charge on any atom is -0.385 e. The fraction of sp³-hybridized carbons (Fsp3) is 0.562. The third-order valence-corrected chi connectivity index (χ3v) is 5.01. The third-order valence-electron chi connectivity index (χ3n) is 3.78. The molecule has 1 aliphatic rings. The van der Waals surface area contributed by atoms with Gasteiger partial charge in [-0.05, 0) is 55.9 Å². The molecule has 2 rings (SSSR count). The van der Waals surface area contributed by atoms with Gasteiger partial charge in [0.2, 0.25) is 0 Å². The van der Waals surface area contributed by atoms with Crippen LogP contribution in [0.2, 0.25) is 0 Å². The van der Waals surface area contributed by atoms with Crippen molar-refractivity contribution < 1.29 is 4.79 Å². The summed E-state index contributed by atoms with van der Waals surface area (Å²) in [5.74, 6) is 3.43. The van der Waals surface area contributed by atoms with Crippen LogP contribution in [0.15, 0.2) is 24.3 Å². The summed E-state index contributed by atoms with van der Waals surface area (Å²) in [6, 6.07) is 7.88. The van der Waals surface area contributed by atoms with E-state index in [0.717, 1.165) is 36.8 Å². The zero-order valence-corrected chi connectivity index (χ0v) is 13.2. The molecule has 0 bridgehead atoms. The molecule has 1 fully saturated rings. The molecule has 1 saturated heterocycles. The number of hydrogen-bond acceptors (Lipinski definition) is 3. The lowest BCUT2D eigenvalue weighted by Crippen LogP contribution is -2.30. The van der Waals surface area contributed by atoms with Crippen molar-refractivity contribution in [3.05, 3.63) is 29.8 Å². The molecule has 1 amide bonds. The molecule has 1 aromatic rings. The van der Waals surface area contributed by atoms with Crippen molar-refractivity contribution in [2.24, 2.45) is 5.92 Å². The molecule has 1 atom stereocenters. The first-order valence-corrected chi connectivity index (χ1v) is 8.61. The van der Waals surface area contributed by atoms with Crippen molar-refractivity contribution in [2.45, 2.75) is 20.3 Å². The van der Waals surface area contributed by atoms with E-state index in [4.69, 9.17) is 0 Å². The number of nitrogens with zero attached hydrogens (tertiary/aromatic N) is 1. The smallest absolute Gasteiger partial charge is 0.253 e. The quantitative estimate of drug-likeness (QED) is 0.873. The molecule has 1 heterocycles. The van der Waals surface area contributed by atoms with Gasteiger partial charge in [-0.3, -0.25) is 4.79 Å². The molecule has 110 valence electrons. The second-order valence-electron chi connectivity index (χ2n) is 5.17. The highest BCUT2D eigenvalue weighted by Gasteiger charge is 2.16. The van der Waals surface area contributed by atoms with Crippen LogP contribution in [0.3, 0.4) is 0 Å². The van der Waals surface area contributed by atoms with E-state index >= 15 is 0 Å². The molecule has 20 heavy (non-hydrogen) atoms. The highest BCUT2D eigenvalue weighted by Crippen LogP contribution is 2.24. The zero-order chi connectivity index (χ0) is 14.4. The Hall–Kier alpha value is -1.16. The first kappa shape index (κ1) is 15.2. The number of rotatable bonds is 6. The summed E-state index contributed by atoms with van der Waals surface area (Å²) in [6.07, 6.45) is 1.30. The Morgan fingerprint density at radius 3 is 2.85 bits per heavy atom. The van der Waals surface area contributed by atoms with Crippen molar-refractivity contribution in [1.82, 2.24) is 4.90 Å². The van der Waals surface area contributed by atoms with Gasteiger partial charge in [-0.1, -0.05) is 6.07 Å². The summed E-state index contributed by atoms with van der Waals surface area (Å²) in [6.45, 7) is 6.55. The largest absolute Gasteiger partial charge is 0.385 e. The third kappa shape index (κ3) is 3.92. The van der Waals surface area contributed by atoms with Crippen molar-refractivity contribution in [1.29, 1.82) is 0 Å². The molecule has 0 saturated carbocycles. The number of thioether (sulfide) groups is 1. The first-order chi connectivity index (χ1) is 9.74. The second-order valence-corrected chi connectivity index (χ2v) is 6.32. The van der Waals surface area contributed by atoms with E-state index in [2.05, 4.69) is 5.32 Å². The Kier molecular flexibility index (Phi) is 5.77. The Bertz CT molecular complexity index is 440. The maximum Gasteiger partial charge on any atom is 0.253 e. The number of hydrogen-bond donors (Lipinski definition) is 1. The number of carbonyl (C=O) groups is 1. The van der Waals surface area contributed by atoms with E-state index in [1.807, 2.05) is 54.8 Å². The van der Waals surface area contributed by atoms with Gasteiger partial charge >= 0.3 is 0 Å². The maximum absolute atomic E-state index is 12.3. The topological polar surface area (TPSA) is 32.3 Å². The monoisotopic (exact) mass is 292 g/mol. The van der Waals surface area contributed by atoms with Crippen molar-refractivity contribution in [3.63, 3.8) is 0 Å². The van der Waals surface area contributed by atoms with E-state index in [9.17, 15) is 4.79 Å². The van der Waals surface area contributed by atoms with Gasteiger partial charge in [0, 0.05) is 30.9 Å². The Balaban J connectivity index is 1.97. The predicted octanol–water partition coefficient (Wildman–Crippen LogP) is 3.33. The van der Waals surface area contributed by atoms with Gasteiger partial charge < -0.3 is 10.2 Å². The van der Waals surface area contributed by atoms with Crippen LogP contribution in [0.4, 0.5) is 5.69 Å². The molecule has 1 aliphatic heterocycles. The fourth-order valence-corrected chi connectivity index (χ4v) is 3.75. The Morgan fingerprint density at radius 2 is 2.20 bits per heavy atom. The molecule has 0 aliphatic carbocycles. The van der Waals surface area contributed by atoms with Crippen molar-refractivity contribution in [3.8, 4) is 0 Å². The number of nitrogens with one attached hydrogen (secondary N) is 1. The summed E-state index contributed by atoms with van der Waals surface area (Å²) in [7, 11) is 0. The van der Waals surface area contributed by atoms with Crippen LogP contribution in [0.1, 0.15) is 30.6 Å². The van der Waals surface area contributed by atoms with Crippen molar-refractivity contribution in [2.75, 3.05) is 36.5 Å². The van der Waals surface area contributed by atoms with Gasteiger partial charge in [-0.2, -0.15) is 11.8 Å². The van der Waals surface area contributed by atoms with Crippen LogP contribution in [-0.2, 0) is 0 Å². The lowest BCUT2D eigenvalue weighted by molar-refractivity contribution is 0.0773. The molecule has 1 N–H and O–H groups in total. The van der Waals surface area contributed by atoms with Crippen LogP contribution in [0.5, 0.6) is 0 Å². The highest BCUT2D eigenvalue weighted by atomic mass is 32.2. The molecule has 0 spiro atoms. The fourth-order valence-electron chi connectivity index (χ4n) is 2.46. The van der Waals surface area contributed by atoms with Gasteiger partial charge in [-0.25, -0.2) is 0 Å².